The zero-order valence-corrected chi connectivity index (χ0v) is 19.7. The minimum absolute atomic E-state index is 0.187. The molecule has 0 radical (unpaired) electrons. The number of carbonyl (C=O) groups excluding carboxylic acids is 1. The van der Waals surface area contributed by atoms with Gasteiger partial charge in [0, 0.05) is 19.4 Å². The quantitative estimate of drug-likeness (QED) is 0.144. The lowest BCUT2D eigenvalue weighted by atomic mass is 10.1. The van der Waals surface area contributed by atoms with Gasteiger partial charge in [-0.25, -0.2) is 0 Å². The van der Waals surface area contributed by atoms with E-state index in [9.17, 15) is 9.59 Å². The molecule has 0 bridgehead atoms. The van der Waals surface area contributed by atoms with Crippen LogP contribution in [0.3, 0.4) is 0 Å². The Morgan fingerprint density at radius 2 is 0.931 bits per heavy atom. The summed E-state index contributed by atoms with van der Waals surface area (Å²) in [6.07, 6.45) is 22.4. The molecule has 0 atom stereocenters. The smallest absolute Gasteiger partial charge is 0.303 e. The van der Waals surface area contributed by atoms with Crippen LogP contribution in [0.4, 0.5) is 0 Å². The average molecular weight is 435 g/mol. The van der Waals surface area contributed by atoms with E-state index in [1.54, 1.807) is 0 Å². The van der Waals surface area contributed by atoms with Crippen molar-refractivity contribution in [3.05, 3.63) is 0 Å². The molecule has 29 heavy (non-hydrogen) atoms. The van der Waals surface area contributed by atoms with Crippen molar-refractivity contribution in [2.24, 2.45) is 0 Å². The van der Waals surface area contributed by atoms with Crippen molar-refractivity contribution in [1.82, 2.24) is 0 Å². The molecule has 0 amide bonds. The predicted molar refractivity (Wildman–Crippen MR) is 124 cm³/mol. The number of hydrogen-bond acceptors (Lipinski definition) is 3. The van der Waals surface area contributed by atoms with E-state index in [1.807, 2.05) is 0 Å². The van der Waals surface area contributed by atoms with Crippen LogP contribution in [0.1, 0.15) is 135 Å². The molecule has 0 heterocycles. The number of carboxylic acids is 1. The molecule has 0 spiro atoms. The highest BCUT2D eigenvalue weighted by Gasteiger charge is 1.97. The zero-order valence-electron chi connectivity index (χ0n) is 18.9. The Morgan fingerprint density at radius 1 is 0.586 bits per heavy atom. The van der Waals surface area contributed by atoms with Gasteiger partial charge in [-0.3, -0.25) is 9.59 Å². The first kappa shape index (κ1) is 30.6. The van der Waals surface area contributed by atoms with Gasteiger partial charge in [0.25, 0.3) is 0 Å². The largest absolute Gasteiger partial charge is 0.481 e. The number of aliphatic hydroxyl groups is 1. The van der Waals surface area contributed by atoms with Crippen molar-refractivity contribution in [3.8, 4) is 0 Å². The van der Waals surface area contributed by atoms with E-state index < -0.39 is 5.97 Å². The Kier molecular flexibility index (Phi) is 28.9. The van der Waals surface area contributed by atoms with Crippen LogP contribution in [0.2, 0.25) is 0 Å². The van der Waals surface area contributed by atoms with Crippen LogP contribution in [0.15, 0.2) is 0 Å². The standard InChI is InChI=1S/C12H23ClO.C12H24O3/c1-2-3-4-5-6-7-8-9-10-11-12(13)14;13-11-9-7-5-3-1-2-4-6-8-10-12(14)15/h2-11H2,1H3;13H,1-11H2,(H,14,15). The fraction of sp³-hybridized carbons (Fsp3) is 0.917. The van der Waals surface area contributed by atoms with Crippen LogP contribution in [0.5, 0.6) is 0 Å². The maximum Gasteiger partial charge on any atom is 0.303 e. The molecule has 0 saturated heterocycles. The van der Waals surface area contributed by atoms with E-state index in [0.29, 0.717) is 19.4 Å². The van der Waals surface area contributed by atoms with E-state index in [0.717, 1.165) is 44.9 Å². The Balaban J connectivity index is 0. The number of halogens is 1. The second kappa shape index (κ2) is 27.4. The van der Waals surface area contributed by atoms with Crippen LogP contribution in [0, 0.1) is 0 Å². The Hall–Kier alpha value is -0.610. The van der Waals surface area contributed by atoms with Crippen LogP contribution in [0.25, 0.3) is 0 Å². The monoisotopic (exact) mass is 434 g/mol. The Labute approximate surface area is 184 Å². The summed E-state index contributed by atoms with van der Waals surface area (Å²) in [5.41, 5.74) is 0. The summed E-state index contributed by atoms with van der Waals surface area (Å²) in [5.74, 6) is -0.681. The highest BCUT2D eigenvalue weighted by molar-refractivity contribution is 6.63. The molecule has 0 aliphatic carbocycles. The van der Waals surface area contributed by atoms with Gasteiger partial charge >= 0.3 is 5.97 Å². The van der Waals surface area contributed by atoms with Crippen LogP contribution in [-0.4, -0.2) is 28.0 Å². The fourth-order valence-electron chi connectivity index (χ4n) is 3.20. The lowest BCUT2D eigenvalue weighted by Crippen LogP contribution is -1.93. The molecule has 0 aliphatic heterocycles. The zero-order chi connectivity index (χ0) is 22.0. The summed E-state index contributed by atoms with van der Waals surface area (Å²) in [7, 11) is 0. The Morgan fingerprint density at radius 3 is 1.28 bits per heavy atom. The molecule has 174 valence electrons. The number of carbonyl (C=O) groups is 2. The third kappa shape index (κ3) is 35.2. The van der Waals surface area contributed by atoms with Gasteiger partial charge in [-0.15, -0.1) is 0 Å². The maximum absolute atomic E-state index is 10.4. The first-order chi connectivity index (χ1) is 14.0. The first-order valence-corrected chi connectivity index (χ1v) is 12.4. The molecule has 0 fully saturated rings. The fourth-order valence-corrected chi connectivity index (χ4v) is 3.33. The number of unbranched alkanes of at least 4 members (excludes halogenated alkanes) is 16. The van der Waals surface area contributed by atoms with Crippen LogP contribution >= 0.6 is 11.6 Å². The first-order valence-electron chi connectivity index (χ1n) is 12.1. The summed E-state index contributed by atoms with van der Waals surface area (Å²) in [6.45, 7) is 2.55. The number of carboxylic acid groups (broad SMARTS) is 1. The van der Waals surface area contributed by atoms with Gasteiger partial charge in [0.15, 0.2) is 0 Å². The van der Waals surface area contributed by atoms with E-state index in [-0.39, 0.29) is 5.24 Å². The summed E-state index contributed by atoms with van der Waals surface area (Å²) in [4.78, 5) is 20.6. The highest BCUT2D eigenvalue weighted by atomic mass is 35.5. The summed E-state index contributed by atoms with van der Waals surface area (Å²) in [6, 6.07) is 0. The minimum atomic E-state index is -0.681. The van der Waals surface area contributed by atoms with Crippen molar-refractivity contribution in [3.63, 3.8) is 0 Å². The molecule has 0 saturated carbocycles. The van der Waals surface area contributed by atoms with Crippen molar-refractivity contribution >= 4 is 22.8 Å². The Bertz CT molecular complexity index is 348. The normalized spacial score (nSPS) is 10.4. The number of hydrogen-bond donors (Lipinski definition) is 2. The maximum atomic E-state index is 10.4. The van der Waals surface area contributed by atoms with Gasteiger partial charge in [-0.2, -0.15) is 0 Å². The predicted octanol–water partition coefficient (Wildman–Crippen LogP) is 7.64. The molecule has 0 aromatic heterocycles. The molecule has 0 aromatic rings. The summed E-state index contributed by atoms with van der Waals surface area (Å²) >= 11 is 5.24. The molecular weight excluding hydrogens is 388 g/mol. The average Bonchev–Trinajstić information content (AvgIpc) is 2.68. The molecule has 0 rings (SSSR count). The second-order valence-corrected chi connectivity index (χ2v) is 8.40. The molecule has 0 aromatic carbocycles. The number of aliphatic hydroxyl groups excluding tert-OH is 1. The SMILES string of the molecule is CCCCCCCCCCCC(=O)Cl.O=C(O)CCCCCCCCCCCO. The number of aliphatic carboxylic acids is 1. The van der Waals surface area contributed by atoms with Gasteiger partial charge in [-0.1, -0.05) is 103 Å². The molecule has 5 heteroatoms. The summed E-state index contributed by atoms with van der Waals surface area (Å²) in [5, 5.41) is 16.8. The topological polar surface area (TPSA) is 74.6 Å². The van der Waals surface area contributed by atoms with E-state index in [2.05, 4.69) is 6.92 Å². The van der Waals surface area contributed by atoms with Gasteiger partial charge in [0.1, 0.15) is 0 Å². The lowest BCUT2D eigenvalue weighted by molar-refractivity contribution is -0.137. The van der Waals surface area contributed by atoms with Gasteiger partial charge < -0.3 is 10.2 Å². The van der Waals surface area contributed by atoms with Crippen LogP contribution < -0.4 is 0 Å². The molecule has 2 N–H and O–H groups in total. The van der Waals surface area contributed by atoms with E-state index in [4.69, 9.17) is 21.8 Å². The van der Waals surface area contributed by atoms with Crippen molar-refractivity contribution in [1.29, 1.82) is 0 Å². The van der Waals surface area contributed by atoms with E-state index in [1.165, 1.54) is 70.6 Å². The molecule has 4 nitrogen and oxygen atoms in total. The van der Waals surface area contributed by atoms with Gasteiger partial charge in [0.2, 0.25) is 5.24 Å². The molecular formula is C24H47ClO4. The molecule has 0 aliphatic rings. The van der Waals surface area contributed by atoms with Crippen molar-refractivity contribution in [2.75, 3.05) is 6.61 Å². The lowest BCUT2D eigenvalue weighted by Gasteiger charge is -2.00. The number of rotatable bonds is 21. The van der Waals surface area contributed by atoms with Crippen molar-refractivity contribution < 1.29 is 19.8 Å². The van der Waals surface area contributed by atoms with Gasteiger partial charge in [-0.05, 0) is 30.9 Å². The third-order valence-electron chi connectivity index (χ3n) is 5.03. The van der Waals surface area contributed by atoms with Gasteiger partial charge in [0.05, 0.1) is 0 Å². The minimum Gasteiger partial charge on any atom is -0.481 e. The van der Waals surface area contributed by atoms with Crippen molar-refractivity contribution in [2.45, 2.75) is 135 Å². The summed E-state index contributed by atoms with van der Waals surface area (Å²) < 4.78 is 0. The van der Waals surface area contributed by atoms with Crippen LogP contribution in [-0.2, 0) is 9.59 Å². The second-order valence-electron chi connectivity index (χ2n) is 7.98. The third-order valence-corrected chi connectivity index (χ3v) is 5.21. The molecule has 0 unspecified atom stereocenters. The highest BCUT2D eigenvalue weighted by Crippen LogP contribution is 2.11. The van der Waals surface area contributed by atoms with E-state index >= 15 is 0 Å².